The van der Waals surface area contributed by atoms with Gasteiger partial charge in [0.2, 0.25) is 0 Å². The molecular formula is C9H18ClNO2. The lowest BCUT2D eigenvalue weighted by Crippen LogP contribution is -2.41. The molecule has 1 fully saturated rings. The SMILES string of the molecule is Cl.NC1(CCC(=O)O)CCCCC1. The number of carbonyl (C=O) groups is 1. The summed E-state index contributed by atoms with van der Waals surface area (Å²) in [6, 6.07) is 0. The number of aliphatic carboxylic acids is 1. The molecule has 0 amide bonds. The zero-order chi connectivity index (χ0) is 9.03. The molecule has 1 saturated carbocycles. The van der Waals surface area contributed by atoms with Gasteiger partial charge in [-0.15, -0.1) is 12.4 Å². The third-order valence-corrected chi connectivity index (χ3v) is 2.69. The van der Waals surface area contributed by atoms with Gasteiger partial charge in [-0.25, -0.2) is 0 Å². The van der Waals surface area contributed by atoms with Crippen LogP contribution in [0.3, 0.4) is 0 Å². The molecule has 1 rings (SSSR count). The quantitative estimate of drug-likeness (QED) is 0.744. The highest BCUT2D eigenvalue weighted by Crippen LogP contribution is 2.29. The third kappa shape index (κ3) is 4.48. The van der Waals surface area contributed by atoms with Crippen molar-refractivity contribution in [2.75, 3.05) is 0 Å². The Morgan fingerprint density at radius 3 is 2.31 bits per heavy atom. The van der Waals surface area contributed by atoms with Gasteiger partial charge in [-0.2, -0.15) is 0 Å². The Kier molecular flexibility index (Phi) is 5.33. The fourth-order valence-electron chi connectivity index (χ4n) is 1.86. The lowest BCUT2D eigenvalue weighted by Gasteiger charge is -2.32. The maximum Gasteiger partial charge on any atom is 0.303 e. The van der Waals surface area contributed by atoms with Gasteiger partial charge < -0.3 is 10.8 Å². The summed E-state index contributed by atoms with van der Waals surface area (Å²) in [5.41, 5.74) is 5.87. The fourth-order valence-corrected chi connectivity index (χ4v) is 1.86. The van der Waals surface area contributed by atoms with Gasteiger partial charge in [-0.1, -0.05) is 19.3 Å². The van der Waals surface area contributed by atoms with Crippen LogP contribution in [0.1, 0.15) is 44.9 Å². The average molecular weight is 208 g/mol. The van der Waals surface area contributed by atoms with E-state index in [0.29, 0.717) is 6.42 Å². The van der Waals surface area contributed by atoms with Gasteiger partial charge in [0.05, 0.1) is 0 Å². The molecule has 0 heterocycles. The molecule has 4 heteroatoms. The van der Waals surface area contributed by atoms with Crippen molar-refractivity contribution < 1.29 is 9.90 Å². The number of rotatable bonds is 3. The van der Waals surface area contributed by atoms with Crippen LogP contribution in [0.4, 0.5) is 0 Å². The standard InChI is InChI=1S/C9H17NO2.ClH/c10-9(7-4-8(11)12)5-2-1-3-6-9;/h1-7,10H2,(H,11,12);1H. The predicted molar refractivity (Wildman–Crippen MR) is 54.1 cm³/mol. The first-order valence-electron chi connectivity index (χ1n) is 4.63. The lowest BCUT2D eigenvalue weighted by molar-refractivity contribution is -0.137. The maximum absolute atomic E-state index is 10.3. The Morgan fingerprint density at radius 2 is 1.85 bits per heavy atom. The number of hydrogen-bond acceptors (Lipinski definition) is 2. The summed E-state index contributed by atoms with van der Waals surface area (Å²) in [6.45, 7) is 0. The van der Waals surface area contributed by atoms with Crippen LogP contribution in [0.25, 0.3) is 0 Å². The lowest BCUT2D eigenvalue weighted by atomic mass is 9.79. The summed E-state index contributed by atoms with van der Waals surface area (Å²) in [5, 5.41) is 8.50. The van der Waals surface area contributed by atoms with E-state index in [1.807, 2.05) is 0 Å². The Morgan fingerprint density at radius 1 is 1.31 bits per heavy atom. The maximum atomic E-state index is 10.3. The average Bonchev–Trinajstić information content (AvgIpc) is 2.03. The summed E-state index contributed by atoms with van der Waals surface area (Å²) in [5.74, 6) is -0.731. The summed E-state index contributed by atoms with van der Waals surface area (Å²) in [6.07, 6.45) is 6.44. The van der Waals surface area contributed by atoms with Crippen LogP contribution in [0.5, 0.6) is 0 Å². The second kappa shape index (κ2) is 5.45. The molecule has 0 saturated heterocycles. The third-order valence-electron chi connectivity index (χ3n) is 2.69. The highest BCUT2D eigenvalue weighted by Gasteiger charge is 2.27. The number of hydrogen-bond donors (Lipinski definition) is 2. The van der Waals surface area contributed by atoms with Gasteiger partial charge in [-0.3, -0.25) is 4.79 Å². The van der Waals surface area contributed by atoms with Crippen molar-refractivity contribution in [2.24, 2.45) is 5.73 Å². The molecule has 0 bridgehead atoms. The summed E-state index contributed by atoms with van der Waals surface area (Å²) in [7, 11) is 0. The minimum atomic E-state index is -0.731. The van der Waals surface area contributed by atoms with E-state index in [2.05, 4.69) is 0 Å². The highest BCUT2D eigenvalue weighted by atomic mass is 35.5. The van der Waals surface area contributed by atoms with Crippen molar-refractivity contribution in [1.29, 1.82) is 0 Å². The minimum Gasteiger partial charge on any atom is -0.481 e. The zero-order valence-electron chi connectivity index (χ0n) is 7.79. The van der Waals surface area contributed by atoms with Crippen LogP contribution in [0, 0.1) is 0 Å². The second-order valence-electron chi connectivity index (χ2n) is 3.82. The number of carboxylic acid groups (broad SMARTS) is 1. The predicted octanol–water partition coefficient (Wildman–Crippen LogP) is 1.93. The van der Waals surface area contributed by atoms with E-state index in [4.69, 9.17) is 10.8 Å². The van der Waals surface area contributed by atoms with Crippen molar-refractivity contribution in [3.8, 4) is 0 Å². The Labute approximate surface area is 85.1 Å². The van der Waals surface area contributed by atoms with Crippen LogP contribution in [-0.2, 0) is 4.79 Å². The molecule has 1 aliphatic carbocycles. The highest BCUT2D eigenvalue weighted by molar-refractivity contribution is 5.85. The fraction of sp³-hybridized carbons (Fsp3) is 0.889. The number of halogens is 1. The van der Waals surface area contributed by atoms with Crippen molar-refractivity contribution >= 4 is 18.4 Å². The molecule has 3 nitrogen and oxygen atoms in total. The second-order valence-corrected chi connectivity index (χ2v) is 3.82. The van der Waals surface area contributed by atoms with Crippen molar-refractivity contribution in [1.82, 2.24) is 0 Å². The van der Waals surface area contributed by atoms with E-state index in [1.165, 1.54) is 6.42 Å². The molecule has 78 valence electrons. The Hall–Kier alpha value is -0.280. The van der Waals surface area contributed by atoms with E-state index in [0.717, 1.165) is 25.7 Å². The normalized spacial score (nSPS) is 20.4. The first-order chi connectivity index (χ1) is 5.62. The largest absolute Gasteiger partial charge is 0.481 e. The van der Waals surface area contributed by atoms with Gasteiger partial charge in [0.25, 0.3) is 0 Å². The van der Waals surface area contributed by atoms with E-state index >= 15 is 0 Å². The summed E-state index contributed by atoms with van der Waals surface area (Å²) < 4.78 is 0. The van der Waals surface area contributed by atoms with Gasteiger partial charge in [0, 0.05) is 12.0 Å². The topological polar surface area (TPSA) is 63.3 Å². The number of carboxylic acids is 1. The van der Waals surface area contributed by atoms with Crippen LogP contribution in [0.2, 0.25) is 0 Å². The summed E-state index contributed by atoms with van der Waals surface area (Å²) >= 11 is 0. The first-order valence-corrected chi connectivity index (χ1v) is 4.63. The monoisotopic (exact) mass is 207 g/mol. The molecular weight excluding hydrogens is 190 g/mol. The van der Waals surface area contributed by atoms with Gasteiger partial charge in [0.15, 0.2) is 0 Å². The molecule has 0 spiro atoms. The molecule has 0 aromatic rings. The number of nitrogens with two attached hydrogens (primary N) is 1. The van der Waals surface area contributed by atoms with Crippen LogP contribution in [-0.4, -0.2) is 16.6 Å². The Balaban J connectivity index is 0.00000144. The zero-order valence-corrected chi connectivity index (χ0v) is 8.61. The minimum absolute atomic E-state index is 0. The Bertz CT molecular complexity index is 167. The molecule has 1 aliphatic rings. The van der Waals surface area contributed by atoms with E-state index in [1.54, 1.807) is 0 Å². The van der Waals surface area contributed by atoms with Crippen LogP contribution >= 0.6 is 12.4 Å². The molecule has 0 aromatic heterocycles. The molecule has 0 unspecified atom stereocenters. The van der Waals surface area contributed by atoms with Crippen LogP contribution in [0.15, 0.2) is 0 Å². The molecule has 3 N–H and O–H groups in total. The first kappa shape index (κ1) is 12.7. The molecule has 0 aromatic carbocycles. The van der Waals surface area contributed by atoms with Crippen molar-refractivity contribution in [2.45, 2.75) is 50.5 Å². The molecule has 0 aliphatic heterocycles. The molecule has 13 heavy (non-hydrogen) atoms. The molecule has 0 atom stereocenters. The van der Waals surface area contributed by atoms with Gasteiger partial charge in [0.1, 0.15) is 0 Å². The smallest absolute Gasteiger partial charge is 0.303 e. The van der Waals surface area contributed by atoms with Crippen molar-refractivity contribution in [3.05, 3.63) is 0 Å². The summed E-state index contributed by atoms with van der Waals surface area (Å²) in [4.78, 5) is 10.3. The van der Waals surface area contributed by atoms with E-state index in [9.17, 15) is 4.79 Å². The molecule has 0 radical (unpaired) electrons. The van der Waals surface area contributed by atoms with Gasteiger partial charge in [-0.05, 0) is 19.3 Å². The van der Waals surface area contributed by atoms with E-state index < -0.39 is 5.97 Å². The van der Waals surface area contributed by atoms with Gasteiger partial charge >= 0.3 is 5.97 Å². The van der Waals surface area contributed by atoms with E-state index in [-0.39, 0.29) is 24.4 Å². The van der Waals surface area contributed by atoms with Crippen molar-refractivity contribution in [3.63, 3.8) is 0 Å². The van der Waals surface area contributed by atoms with Crippen LogP contribution < -0.4 is 5.73 Å².